The van der Waals surface area contributed by atoms with Gasteiger partial charge >= 0.3 is 0 Å². The molecule has 3 N–H and O–H groups in total. The van der Waals surface area contributed by atoms with Gasteiger partial charge in [-0.3, -0.25) is 9.59 Å². The van der Waals surface area contributed by atoms with Crippen LogP contribution in [-0.2, 0) is 16.1 Å². The number of rotatable bonds is 6. The standard InChI is InChI=1S/C14H21N3O3/c1-10(14(19)17(2)3)16-13(18)9-20-12-6-4-11(8-15)5-7-12/h4-7,10H,8-9,15H2,1-3H3,(H,16,18). The van der Waals surface area contributed by atoms with E-state index >= 15 is 0 Å². The molecule has 2 amide bonds. The number of nitrogens with one attached hydrogen (secondary N) is 1. The highest BCUT2D eigenvalue weighted by Crippen LogP contribution is 2.11. The minimum atomic E-state index is -0.569. The molecule has 6 nitrogen and oxygen atoms in total. The largest absolute Gasteiger partial charge is 0.484 e. The molecule has 20 heavy (non-hydrogen) atoms. The van der Waals surface area contributed by atoms with Crippen molar-refractivity contribution in [1.29, 1.82) is 0 Å². The number of carbonyl (C=O) groups excluding carboxylic acids is 2. The maximum absolute atomic E-state index is 11.7. The number of nitrogens with two attached hydrogens (primary N) is 1. The molecule has 0 spiro atoms. The van der Waals surface area contributed by atoms with Crippen molar-refractivity contribution in [3.8, 4) is 5.75 Å². The van der Waals surface area contributed by atoms with Crippen LogP contribution in [0.15, 0.2) is 24.3 Å². The molecular formula is C14H21N3O3. The fourth-order valence-electron chi connectivity index (χ4n) is 1.60. The van der Waals surface area contributed by atoms with Gasteiger partial charge in [0, 0.05) is 20.6 Å². The molecule has 0 aliphatic rings. The highest BCUT2D eigenvalue weighted by Gasteiger charge is 2.17. The van der Waals surface area contributed by atoms with Crippen LogP contribution in [0.4, 0.5) is 0 Å². The summed E-state index contributed by atoms with van der Waals surface area (Å²) in [7, 11) is 3.28. The Hall–Kier alpha value is -2.08. The molecule has 6 heteroatoms. The Labute approximate surface area is 118 Å². The number of hydrogen-bond acceptors (Lipinski definition) is 4. The zero-order chi connectivity index (χ0) is 15.1. The molecule has 1 unspecified atom stereocenters. The van der Waals surface area contributed by atoms with E-state index in [0.717, 1.165) is 5.56 Å². The van der Waals surface area contributed by atoms with Gasteiger partial charge in [0.2, 0.25) is 5.91 Å². The highest BCUT2D eigenvalue weighted by molar-refractivity contribution is 5.87. The lowest BCUT2D eigenvalue weighted by Crippen LogP contribution is -2.45. The molecule has 0 radical (unpaired) electrons. The van der Waals surface area contributed by atoms with Crippen LogP contribution in [0.2, 0.25) is 0 Å². The summed E-state index contributed by atoms with van der Waals surface area (Å²) in [6.45, 7) is 1.97. The Kier molecular flexibility index (Phi) is 5.99. The summed E-state index contributed by atoms with van der Waals surface area (Å²) >= 11 is 0. The lowest BCUT2D eigenvalue weighted by atomic mass is 10.2. The zero-order valence-electron chi connectivity index (χ0n) is 12.1. The van der Waals surface area contributed by atoms with Gasteiger partial charge in [0.15, 0.2) is 6.61 Å². The second-order valence-corrected chi connectivity index (χ2v) is 4.66. The van der Waals surface area contributed by atoms with Gasteiger partial charge in [0.05, 0.1) is 0 Å². The summed E-state index contributed by atoms with van der Waals surface area (Å²) < 4.78 is 5.33. The fourth-order valence-corrected chi connectivity index (χ4v) is 1.60. The molecule has 0 aromatic heterocycles. The molecule has 1 aromatic rings. The van der Waals surface area contributed by atoms with Gasteiger partial charge in [-0.05, 0) is 24.6 Å². The summed E-state index contributed by atoms with van der Waals surface area (Å²) in [5.41, 5.74) is 6.48. The predicted molar refractivity (Wildman–Crippen MR) is 76.1 cm³/mol. The van der Waals surface area contributed by atoms with E-state index in [4.69, 9.17) is 10.5 Å². The van der Waals surface area contributed by atoms with Crippen LogP contribution in [0.3, 0.4) is 0 Å². The molecule has 110 valence electrons. The molecule has 1 aromatic carbocycles. The molecular weight excluding hydrogens is 258 g/mol. The van der Waals surface area contributed by atoms with Crippen LogP contribution in [0.25, 0.3) is 0 Å². The van der Waals surface area contributed by atoms with Crippen molar-refractivity contribution in [3.63, 3.8) is 0 Å². The smallest absolute Gasteiger partial charge is 0.258 e. The fraction of sp³-hybridized carbons (Fsp3) is 0.429. The van der Waals surface area contributed by atoms with E-state index in [1.807, 2.05) is 12.1 Å². The topological polar surface area (TPSA) is 84.7 Å². The van der Waals surface area contributed by atoms with Gasteiger partial charge in [-0.15, -0.1) is 0 Å². The summed E-state index contributed by atoms with van der Waals surface area (Å²) in [5.74, 6) is 0.0881. The molecule has 0 saturated heterocycles. The quantitative estimate of drug-likeness (QED) is 0.774. The van der Waals surface area contributed by atoms with E-state index in [9.17, 15) is 9.59 Å². The minimum Gasteiger partial charge on any atom is -0.484 e. The van der Waals surface area contributed by atoms with Crippen molar-refractivity contribution in [2.75, 3.05) is 20.7 Å². The van der Waals surface area contributed by atoms with Gasteiger partial charge in [-0.2, -0.15) is 0 Å². The van der Waals surface area contributed by atoms with Crippen molar-refractivity contribution in [2.45, 2.75) is 19.5 Å². The summed E-state index contributed by atoms with van der Waals surface area (Å²) in [4.78, 5) is 24.7. The second kappa shape index (κ2) is 7.49. The second-order valence-electron chi connectivity index (χ2n) is 4.66. The first-order valence-electron chi connectivity index (χ1n) is 6.36. The van der Waals surface area contributed by atoms with Crippen molar-refractivity contribution < 1.29 is 14.3 Å². The van der Waals surface area contributed by atoms with Crippen molar-refractivity contribution in [1.82, 2.24) is 10.2 Å². The third-order valence-electron chi connectivity index (χ3n) is 2.72. The number of hydrogen-bond donors (Lipinski definition) is 2. The van der Waals surface area contributed by atoms with E-state index in [1.54, 1.807) is 33.2 Å². The van der Waals surface area contributed by atoms with Crippen LogP contribution in [0.5, 0.6) is 5.75 Å². The predicted octanol–water partition coefficient (Wildman–Crippen LogP) is 0.117. The first kappa shape index (κ1) is 16.0. The molecule has 0 saturated carbocycles. The van der Waals surface area contributed by atoms with Crippen molar-refractivity contribution >= 4 is 11.8 Å². The monoisotopic (exact) mass is 279 g/mol. The lowest BCUT2D eigenvalue weighted by molar-refractivity contribution is -0.134. The van der Waals surface area contributed by atoms with Crippen molar-refractivity contribution in [3.05, 3.63) is 29.8 Å². The van der Waals surface area contributed by atoms with E-state index < -0.39 is 6.04 Å². The normalized spacial score (nSPS) is 11.6. The van der Waals surface area contributed by atoms with E-state index in [2.05, 4.69) is 5.32 Å². The Balaban J connectivity index is 2.41. The summed E-state index contributed by atoms with van der Waals surface area (Å²) in [6.07, 6.45) is 0. The number of amides is 2. The summed E-state index contributed by atoms with van der Waals surface area (Å²) in [5, 5.41) is 2.58. The molecule has 0 aliphatic heterocycles. The number of nitrogens with zero attached hydrogens (tertiary/aromatic N) is 1. The van der Waals surface area contributed by atoms with Crippen molar-refractivity contribution in [2.24, 2.45) is 5.73 Å². The molecule has 1 atom stereocenters. The van der Waals surface area contributed by atoms with Gasteiger partial charge in [-0.25, -0.2) is 0 Å². The molecule has 0 heterocycles. The molecule has 0 aliphatic carbocycles. The van der Waals surface area contributed by atoms with E-state index in [1.165, 1.54) is 4.90 Å². The van der Waals surface area contributed by atoms with Crippen LogP contribution >= 0.6 is 0 Å². The first-order chi connectivity index (χ1) is 9.43. The van der Waals surface area contributed by atoms with Crippen LogP contribution in [0.1, 0.15) is 12.5 Å². The van der Waals surface area contributed by atoms with E-state index in [0.29, 0.717) is 12.3 Å². The Morgan fingerprint density at radius 1 is 1.30 bits per heavy atom. The van der Waals surface area contributed by atoms with Gasteiger partial charge in [0.1, 0.15) is 11.8 Å². The summed E-state index contributed by atoms with van der Waals surface area (Å²) in [6, 6.07) is 6.62. The van der Waals surface area contributed by atoms with E-state index in [-0.39, 0.29) is 18.4 Å². The lowest BCUT2D eigenvalue weighted by Gasteiger charge is -2.18. The zero-order valence-corrected chi connectivity index (χ0v) is 12.1. The highest BCUT2D eigenvalue weighted by atomic mass is 16.5. The average molecular weight is 279 g/mol. The van der Waals surface area contributed by atoms with Gasteiger partial charge in [0.25, 0.3) is 5.91 Å². The minimum absolute atomic E-state index is 0.132. The first-order valence-corrected chi connectivity index (χ1v) is 6.36. The maximum atomic E-state index is 11.7. The maximum Gasteiger partial charge on any atom is 0.258 e. The SMILES string of the molecule is CC(NC(=O)COc1ccc(CN)cc1)C(=O)N(C)C. The molecule has 0 fully saturated rings. The number of likely N-dealkylation sites (N-methyl/N-ethyl adjacent to an activating group) is 1. The van der Waals surface area contributed by atoms with Gasteiger partial charge in [-0.1, -0.05) is 12.1 Å². The van der Waals surface area contributed by atoms with Crippen LogP contribution in [0, 0.1) is 0 Å². The van der Waals surface area contributed by atoms with Crippen LogP contribution < -0.4 is 15.8 Å². The third-order valence-corrected chi connectivity index (χ3v) is 2.72. The molecule has 0 bridgehead atoms. The third kappa shape index (κ3) is 4.89. The number of carbonyl (C=O) groups is 2. The molecule has 1 rings (SSSR count). The average Bonchev–Trinajstić information content (AvgIpc) is 2.44. The number of benzene rings is 1. The Bertz CT molecular complexity index is 457. The number of ether oxygens (including phenoxy) is 1. The van der Waals surface area contributed by atoms with Crippen LogP contribution in [-0.4, -0.2) is 43.5 Å². The van der Waals surface area contributed by atoms with Gasteiger partial charge < -0.3 is 20.7 Å². The Morgan fingerprint density at radius 3 is 2.40 bits per heavy atom. The Morgan fingerprint density at radius 2 is 1.90 bits per heavy atom.